The molecular formula is C22H25IO3SSi. The van der Waals surface area contributed by atoms with Crippen molar-refractivity contribution in [3.8, 4) is 0 Å². The third-order valence-corrected chi connectivity index (χ3v) is 13.6. The molecule has 0 heterocycles. The van der Waals surface area contributed by atoms with E-state index in [1.807, 2.05) is 49.4 Å². The SMILES string of the molecule is Cc1ccc(S(=O)(=O)OI(c2ccccc2)c2cccc([Si](C)(C)C)c2)cc1. The van der Waals surface area contributed by atoms with Gasteiger partial charge in [0.05, 0.1) is 0 Å². The minimum atomic E-state index is -3.84. The second-order valence-corrected chi connectivity index (χ2v) is 19.2. The van der Waals surface area contributed by atoms with Crippen molar-refractivity contribution in [2.75, 3.05) is 0 Å². The van der Waals surface area contributed by atoms with Crippen molar-refractivity contribution in [3.63, 3.8) is 0 Å². The monoisotopic (exact) mass is 524 g/mol. The first-order valence-electron chi connectivity index (χ1n) is 9.04. The van der Waals surface area contributed by atoms with Crippen LogP contribution >= 0.6 is 20.2 Å². The molecule has 3 nitrogen and oxygen atoms in total. The Morgan fingerprint density at radius 2 is 1.39 bits per heavy atom. The van der Waals surface area contributed by atoms with E-state index in [-0.39, 0.29) is 4.90 Å². The van der Waals surface area contributed by atoms with Crippen LogP contribution in [0.2, 0.25) is 19.6 Å². The summed E-state index contributed by atoms with van der Waals surface area (Å²) in [5.74, 6) is 0. The molecule has 0 N–H and O–H groups in total. The van der Waals surface area contributed by atoms with Gasteiger partial charge in [-0.15, -0.1) is 0 Å². The van der Waals surface area contributed by atoms with Crippen molar-refractivity contribution in [2.45, 2.75) is 31.5 Å². The van der Waals surface area contributed by atoms with Gasteiger partial charge in [0.15, 0.2) is 0 Å². The molecule has 0 aliphatic heterocycles. The number of benzene rings is 3. The van der Waals surface area contributed by atoms with Gasteiger partial charge in [0.2, 0.25) is 0 Å². The molecule has 0 atom stereocenters. The van der Waals surface area contributed by atoms with Crippen molar-refractivity contribution in [1.29, 1.82) is 0 Å². The van der Waals surface area contributed by atoms with E-state index < -0.39 is 38.4 Å². The Balaban J connectivity index is 2.05. The number of hydrogen-bond acceptors (Lipinski definition) is 3. The molecule has 0 amide bonds. The Hall–Kier alpha value is -1.48. The van der Waals surface area contributed by atoms with E-state index in [4.69, 9.17) is 2.51 Å². The maximum atomic E-state index is 13.0. The molecule has 0 bridgehead atoms. The minimum absolute atomic E-state index is 0.206. The number of aryl methyl sites for hydroxylation is 1. The summed E-state index contributed by atoms with van der Waals surface area (Å²) in [5.41, 5.74) is 1.01. The van der Waals surface area contributed by atoms with Gasteiger partial charge in [0.25, 0.3) is 0 Å². The van der Waals surface area contributed by atoms with Gasteiger partial charge in [-0.25, -0.2) is 0 Å². The summed E-state index contributed by atoms with van der Waals surface area (Å²) in [6, 6.07) is 24.9. The van der Waals surface area contributed by atoms with Crippen LogP contribution in [-0.2, 0) is 12.6 Å². The second-order valence-electron chi connectivity index (χ2n) is 7.63. The quantitative estimate of drug-likeness (QED) is 0.320. The molecule has 0 saturated heterocycles. The van der Waals surface area contributed by atoms with Gasteiger partial charge >= 0.3 is 178 Å². The Bertz CT molecular complexity index is 1040. The number of halogens is 1. The Morgan fingerprint density at radius 3 is 2.00 bits per heavy atom. The molecule has 0 aromatic heterocycles. The van der Waals surface area contributed by atoms with Gasteiger partial charge < -0.3 is 0 Å². The van der Waals surface area contributed by atoms with Crippen molar-refractivity contribution in [1.82, 2.24) is 0 Å². The Kier molecular flexibility index (Phi) is 6.43. The first kappa shape index (κ1) is 21.2. The predicted octanol–water partition coefficient (Wildman–Crippen LogP) is 5.41. The summed E-state index contributed by atoms with van der Waals surface area (Å²) in [4.78, 5) is 0.206. The summed E-state index contributed by atoms with van der Waals surface area (Å²) in [7, 11) is -5.36. The molecule has 3 aromatic carbocycles. The molecule has 0 aliphatic rings. The van der Waals surface area contributed by atoms with Gasteiger partial charge in [0, 0.05) is 0 Å². The van der Waals surface area contributed by atoms with Crippen molar-refractivity contribution < 1.29 is 10.9 Å². The molecule has 3 rings (SSSR count). The van der Waals surface area contributed by atoms with Crippen molar-refractivity contribution in [3.05, 3.63) is 91.6 Å². The summed E-state index contributed by atoms with van der Waals surface area (Å²) in [5, 5.41) is 1.31. The maximum absolute atomic E-state index is 13.0. The third kappa shape index (κ3) is 5.11. The van der Waals surface area contributed by atoms with Crippen LogP contribution in [0.4, 0.5) is 0 Å². The topological polar surface area (TPSA) is 43.4 Å². The van der Waals surface area contributed by atoms with E-state index >= 15 is 0 Å². The molecule has 0 fully saturated rings. The zero-order chi connectivity index (χ0) is 20.4. The summed E-state index contributed by atoms with van der Waals surface area (Å²) >= 11 is -2.64. The molecule has 0 spiro atoms. The van der Waals surface area contributed by atoms with Crippen LogP contribution in [0.5, 0.6) is 0 Å². The Labute approximate surface area is 176 Å². The van der Waals surface area contributed by atoms with Crippen LogP contribution < -0.4 is 5.19 Å². The average molecular weight is 524 g/mol. The zero-order valence-corrected chi connectivity index (χ0v) is 20.5. The molecule has 148 valence electrons. The molecule has 0 saturated carbocycles. The fraction of sp³-hybridized carbons (Fsp3) is 0.182. The van der Waals surface area contributed by atoms with Gasteiger partial charge in [-0.05, 0) is 0 Å². The average Bonchev–Trinajstić information content (AvgIpc) is 2.67. The normalized spacial score (nSPS) is 12.6. The van der Waals surface area contributed by atoms with Crippen LogP contribution in [0.3, 0.4) is 0 Å². The molecule has 6 heteroatoms. The van der Waals surface area contributed by atoms with E-state index in [0.717, 1.165) is 12.7 Å². The first-order chi connectivity index (χ1) is 13.2. The molecular weight excluding hydrogens is 499 g/mol. The van der Waals surface area contributed by atoms with Gasteiger partial charge in [-0.1, -0.05) is 0 Å². The molecule has 0 aliphatic carbocycles. The predicted molar refractivity (Wildman–Crippen MR) is 127 cm³/mol. The number of hydrogen-bond donors (Lipinski definition) is 0. The zero-order valence-electron chi connectivity index (χ0n) is 16.5. The van der Waals surface area contributed by atoms with E-state index in [0.29, 0.717) is 0 Å². The van der Waals surface area contributed by atoms with Gasteiger partial charge in [-0.2, -0.15) is 0 Å². The van der Waals surface area contributed by atoms with Crippen LogP contribution in [-0.4, -0.2) is 16.5 Å². The fourth-order valence-corrected chi connectivity index (χ4v) is 11.2. The van der Waals surface area contributed by atoms with Crippen LogP contribution in [0.15, 0.2) is 83.8 Å². The Morgan fingerprint density at radius 1 is 0.786 bits per heavy atom. The first-order valence-corrected chi connectivity index (χ1v) is 17.0. The van der Waals surface area contributed by atoms with Crippen LogP contribution in [0, 0.1) is 14.1 Å². The van der Waals surface area contributed by atoms with Crippen LogP contribution in [0.25, 0.3) is 0 Å². The number of rotatable bonds is 6. The standard InChI is InChI=1S/C22H25IO3SSi/c1-18-13-15-21(16-14-18)27(24,25)26-23(19-9-6-5-7-10-19)20-11-8-12-22(17-20)28(2,3)4/h5-17H,1-4H3. The molecule has 0 unspecified atom stereocenters. The van der Waals surface area contributed by atoms with E-state index in [1.165, 1.54) is 5.19 Å². The third-order valence-electron chi connectivity index (χ3n) is 4.28. The fourth-order valence-electron chi connectivity index (χ4n) is 2.61. The van der Waals surface area contributed by atoms with Gasteiger partial charge in [-0.3, -0.25) is 0 Å². The molecule has 28 heavy (non-hydrogen) atoms. The van der Waals surface area contributed by atoms with Crippen molar-refractivity contribution in [2.24, 2.45) is 0 Å². The second kappa shape index (κ2) is 8.48. The van der Waals surface area contributed by atoms with Gasteiger partial charge in [0.1, 0.15) is 0 Å². The van der Waals surface area contributed by atoms with E-state index in [2.05, 4.69) is 31.8 Å². The van der Waals surface area contributed by atoms with E-state index in [1.54, 1.807) is 24.3 Å². The molecule has 3 aromatic rings. The molecule has 0 radical (unpaired) electrons. The summed E-state index contributed by atoms with van der Waals surface area (Å²) < 4.78 is 33.9. The van der Waals surface area contributed by atoms with Crippen molar-refractivity contribution >= 4 is 43.6 Å². The van der Waals surface area contributed by atoms with E-state index in [9.17, 15) is 8.42 Å². The summed E-state index contributed by atoms with van der Waals surface area (Å²) in [6.45, 7) is 8.80. The summed E-state index contributed by atoms with van der Waals surface area (Å²) in [6.07, 6.45) is 0. The van der Waals surface area contributed by atoms with Crippen LogP contribution in [0.1, 0.15) is 5.56 Å².